The minimum absolute atomic E-state index is 0.0700. The topological polar surface area (TPSA) is 60.3 Å². The number of esters is 1. The Morgan fingerprint density at radius 3 is 2.56 bits per heavy atom. The first kappa shape index (κ1) is 18.7. The smallest absolute Gasteiger partial charge is 0.326 e. The van der Waals surface area contributed by atoms with Crippen LogP contribution in [0.4, 0.5) is 5.69 Å². The molecule has 0 aliphatic carbocycles. The van der Waals surface area contributed by atoms with E-state index in [2.05, 4.69) is 5.32 Å². The number of benzene rings is 2. The number of anilines is 1. The van der Waals surface area contributed by atoms with Gasteiger partial charge >= 0.3 is 5.97 Å². The molecule has 1 N–H and O–H groups in total. The van der Waals surface area contributed by atoms with Crippen LogP contribution in [0.5, 0.6) is 0 Å². The number of rotatable bonds is 5. The summed E-state index contributed by atoms with van der Waals surface area (Å²) >= 11 is 0. The van der Waals surface area contributed by atoms with Gasteiger partial charge in [-0.3, -0.25) is 9.59 Å². The fraction of sp³-hybridized carbons (Fsp3) is 0.273. The van der Waals surface area contributed by atoms with Crippen LogP contribution in [-0.4, -0.2) is 22.5 Å². The van der Waals surface area contributed by atoms with Crippen molar-refractivity contribution in [2.75, 3.05) is 5.32 Å². The van der Waals surface area contributed by atoms with Gasteiger partial charge in [-0.05, 0) is 56.8 Å². The van der Waals surface area contributed by atoms with Gasteiger partial charge in [0.2, 0.25) is 0 Å². The van der Waals surface area contributed by atoms with Gasteiger partial charge in [-0.15, -0.1) is 0 Å². The first-order valence-electron chi connectivity index (χ1n) is 8.97. The van der Waals surface area contributed by atoms with E-state index in [9.17, 15) is 9.59 Å². The molecular formula is C22H24N2O3. The van der Waals surface area contributed by atoms with Crippen molar-refractivity contribution in [2.24, 2.45) is 0 Å². The Balaban J connectivity index is 1.64. The Bertz CT molecular complexity index is 1000. The number of aryl methyl sites for hydroxylation is 3. The molecule has 1 atom stereocenters. The lowest BCUT2D eigenvalue weighted by Crippen LogP contribution is -2.31. The van der Waals surface area contributed by atoms with Gasteiger partial charge in [-0.2, -0.15) is 0 Å². The zero-order valence-corrected chi connectivity index (χ0v) is 16.1. The largest absolute Gasteiger partial charge is 0.451 e. The Hall–Kier alpha value is -3.08. The van der Waals surface area contributed by atoms with E-state index in [-0.39, 0.29) is 12.5 Å². The van der Waals surface area contributed by atoms with E-state index in [1.165, 1.54) is 0 Å². The van der Waals surface area contributed by atoms with Crippen molar-refractivity contribution < 1.29 is 14.3 Å². The van der Waals surface area contributed by atoms with Crippen LogP contribution in [0, 0.1) is 20.8 Å². The summed E-state index contributed by atoms with van der Waals surface area (Å²) in [6.07, 6.45) is -0.875. The maximum Gasteiger partial charge on any atom is 0.326 e. The van der Waals surface area contributed by atoms with Crippen LogP contribution in [0.15, 0.2) is 48.5 Å². The molecule has 2 aromatic carbocycles. The summed E-state index contributed by atoms with van der Waals surface area (Å²) in [7, 11) is 0. The highest BCUT2D eigenvalue weighted by Crippen LogP contribution is 2.20. The summed E-state index contributed by atoms with van der Waals surface area (Å²) in [5, 5.41) is 3.89. The molecule has 1 aromatic heterocycles. The third-order valence-electron chi connectivity index (χ3n) is 4.62. The summed E-state index contributed by atoms with van der Waals surface area (Å²) in [4.78, 5) is 24.7. The van der Waals surface area contributed by atoms with Crippen molar-refractivity contribution in [2.45, 2.75) is 40.3 Å². The Kier molecular flexibility index (Phi) is 5.31. The standard InChI is InChI=1S/C22H24N2O3/c1-14-9-10-19(15(2)11-14)23-22(26)17(4)27-21(25)13-24-16(3)12-18-7-5-6-8-20(18)24/h5-12,17H,13H2,1-4H3,(H,23,26). The molecular weight excluding hydrogens is 340 g/mol. The lowest BCUT2D eigenvalue weighted by atomic mass is 10.1. The lowest BCUT2D eigenvalue weighted by molar-refractivity contribution is -0.153. The molecule has 0 aliphatic rings. The average Bonchev–Trinajstić information content (AvgIpc) is 2.93. The molecule has 140 valence electrons. The summed E-state index contributed by atoms with van der Waals surface area (Å²) in [5.74, 6) is -0.785. The number of hydrogen-bond donors (Lipinski definition) is 1. The first-order chi connectivity index (χ1) is 12.8. The number of amides is 1. The molecule has 1 amide bonds. The number of carbonyl (C=O) groups excluding carboxylic acids is 2. The summed E-state index contributed by atoms with van der Waals surface area (Å²) in [6, 6.07) is 15.7. The molecule has 27 heavy (non-hydrogen) atoms. The number of fused-ring (bicyclic) bond motifs is 1. The molecule has 3 rings (SSSR count). The molecule has 0 aliphatic heterocycles. The van der Waals surface area contributed by atoms with Crippen LogP contribution in [0.2, 0.25) is 0 Å². The van der Waals surface area contributed by atoms with Crippen molar-refractivity contribution in [1.29, 1.82) is 0 Å². The van der Waals surface area contributed by atoms with Gasteiger partial charge in [0.1, 0.15) is 6.54 Å². The third-order valence-corrected chi connectivity index (χ3v) is 4.62. The van der Waals surface area contributed by atoms with Gasteiger partial charge in [0.15, 0.2) is 6.10 Å². The zero-order valence-electron chi connectivity index (χ0n) is 16.1. The maximum absolute atomic E-state index is 12.4. The molecule has 1 unspecified atom stereocenters. The van der Waals surface area contributed by atoms with E-state index >= 15 is 0 Å². The van der Waals surface area contributed by atoms with Gasteiger partial charge in [0.05, 0.1) is 0 Å². The van der Waals surface area contributed by atoms with E-state index in [1.807, 2.05) is 73.9 Å². The summed E-state index contributed by atoms with van der Waals surface area (Å²) in [5.41, 5.74) is 4.76. The number of hydrogen-bond acceptors (Lipinski definition) is 3. The number of nitrogens with zero attached hydrogens (tertiary/aromatic N) is 1. The molecule has 5 nitrogen and oxygen atoms in total. The second-order valence-electron chi connectivity index (χ2n) is 6.87. The maximum atomic E-state index is 12.4. The summed E-state index contributed by atoms with van der Waals surface area (Å²) in [6.45, 7) is 7.52. The summed E-state index contributed by atoms with van der Waals surface area (Å²) < 4.78 is 7.25. The highest BCUT2D eigenvalue weighted by molar-refractivity contribution is 5.95. The zero-order chi connectivity index (χ0) is 19.6. The number of ether oxygens (including phenoxy) is 1. The predicted octanol–water partition coefficient (Wildman–Crippen LogP) is 4.14. The number of nitrogens with one attached hydrogen (secondary N) is 1. The Labute approximate surface area is 158 Å². The quantitative estimate of drug-likeness (QED) is 0.692. The molecule has 0 radical (unpaired) electrons. The van der Waals surface area contributed by atoms with Crippen LogP contribution in [0.3, 0.4) is 0 Å². The molecule has 0 saturated carbocycles. The number of carbonyl (C=O) groups is 2. The van der Waals surface area contributed by atoms with Crippen LogP contribution in [0.25, 0.3) is 10.9 Å². The lowest BCUT2D eigenvalue weighted by Gasteiger charge is -2.16. The van der Waals surface area contributed by atoms with Gasteiger partial charge in [-0.1, -0.05) is 35.9 Å². The molecule has 0 spiro atoms. The van der Waals surface area contributed by atoms with Crippen molar-refractivity contribution >= 4 is 28.5 Å². The Morgan fingerprint density at radius 1 is 1.07 bits per heavy atom. The van der Waals surface area contributed by atoms with Crippen molar-refractivity contribution in [1.82, 2.24) is 4.57 Å². The first-order valence-corrected chi connectivity index (χ1v) is 8.97. The molecule has 3 aromatic rings. The average molecular weight is 364 g/mol. The highest BCUT2D eigenvalue weighted by Gasteiger charge is 2.19. The van der Waals surface area contributed by atoms with Crippen molar-refractivity contribution in [3.8, 4) is 0 Å². The molecule has 0 bridgehead atoms. The van der Waals surface area contributed by atoms with Crippen LogP contribution in [-0.2, 0) is 20.9 Å². The SMILES string of the molecule is Cc1ccc(NC(=O)C(C)OC(=O)Cn2c(C)cc3ccccc32)c(C)c1. The van der Waals surface area contributed by atoms with E-state index in [4.69, 9.17) is 4.74 Å². The minimum Gasteiger partial charge on any atom is -0.451 e. The van der Waals surface area contributed by atoms with Crippen LogP contribution in [0.1, 0.15) is 23.7 Å². The number of para-hydroxylation sites is 1. The molecule has 1 heterocycles. The molecule has 5 heteroatoms. The number of aromatic nitrogens is 1. The fourth-order valence-electron chi connectivity index (χ4n) is 3.16. The van der Waals surface area contributed by atoms with Gasteiger partial charge in [-0.25, -0.2) is 0 Å². The highest BCUT2D eigenvalue weighted by atomic mass is 16.5. The van der Waals surface area contributed by atoms with Gasteiger partial charge < -0.3 is 14.6 Å². The molecule has 0 fully saturated rings. The predicted molar refractivity (Wildman–Crippen MR) is 107 cm³/mol. The van der Waals surface area contributed by atoms with E-state index < -0.39 is 12.1 Å². The van der Waals surface area contributed by atoms with E-state index in [0.29, 0.717) is 0 Å². The van der Waals surface area contributed by atoms with Gasteiger partial charge in [0.25, 0.3) is 5.91 Å². The van der Waals surface area contributed by atoms with Crippen LogP contribution >= 0.6 is 0 Å². The minimum atomic E-state index is -0.875. The Morgan fingerprint density at radius 2 is 1.81 bits per heavy atom. The van der Waals surface area contributed by atoms with Crippen molar-refractivity contribution in [3.05, 3.63) is 65.4 Å². The van der Waals surface area contributed by atoms with Gasteiger partial charge in [0, 0.05) is 16.9 Å². The second kappa shape index (κ2) is 7.66. The fourth-order valence-corrected chi connectivity index (χ4v) is 3.16. The van der Waals surface area contributed by atoms with E-state index in [1.54, 1.807) is 6.92 Å². The monoisotopic (exact) mass is 364 g/mol. The van der Waals surface area contributed by atoms with Crippen molar-refractivity contribution in [3.63, 3.8) is 0 Å². The second-order valence-corrected chi connectivity index (χ2v) is 6.87. The molecule has 0 saturated heterocycles. The van der Waals surface area contributed by atoms with E-state index in [0.717, 1.165) is 33.4 Å². The third kappa shape index (κ3) is 4.19. The normalized spacial score (nSPS) is 12.0. The van der Waals surface area contributed by atoms with Crippen LogP contribution < -0.4 is 5.32 Å².